The fraction of sp³-hybridized carbons (Fsp3) is 0.240. The number of likely N-dealkylation sites (tertiary alicyclic amines) is 1. The van der Waals surface area contributed by atoms with Crippen LogP contribution in [-0.2, 0) is 9.59 Å². The number of hydrogen-bond acceptors (Lipinski definition) is 4. The largest absolute Gasteiger partial charge is 0.439 e. The Kier molecular flexibility index (Phi) is 5.98. The molecule has 1 aliphatic heterocycles. The zero-order valence-electron chi connectivity index (χ0n) is 17.6. The van der Waals surface area contributed by atoms with Crippen LogP contribution in [0.2, 0.25) is 0 Å². The van der Waals surface area contributed by atoms with Crippen LogP contribution in [0.5, 0.6) is 11.6 Å². The Morgan fingerprint density at radius 1 is 1.10 bits per heavy atom. The first-order chi connectivity index (χ1) is 15.0. The molecule has 2 amide bonds. The third-order valence-corrected chi connectivity index (χ3v) is 5.51. The molecule has 0 bridgehead atoms. The van der Waals surface area contributed by atoms with Gasteiger partial charge < -0.3 is 15.0 Å². The summed E-state index contributed by atoms with van der Waals surface area (Å²) in [6.45, 7) is 4.38. The van der Waals surface area contributed by atoms with Gasteiger partial charge in [0.1, 0.15) is 5.75 Å². The molecule has 2 atom stereocenters. The standard InChI is InChI=1S/C25H25N3O3/c1-17-8-13-23(26-15-17)31-22-11-9-21(10-12-22)27-25(30)20-14-24(29)28(16-20)18(2)19-6-4-3-5-7-19/h3-13,15,18,20H,14,16H2,1-2H3,(H,27,30). The van der Waals surface area contributed by atoms with Crippen LogP contribution >= 0.6 is 0 Å². The van der Waals surface area contributed by atoms with Crippen molar-refractivity contribution in [2.75, 3.05) is 11.9 Å². The Hall–Kier alpha value is -3.67. The Balaban J connectivity index is 1.35. The van der Waals surface area contributed by atoms with E-state index < -0.39 is 0 Å². The van der Waals surface area contributed by atoms with E-state index in [0.717, 1.165) is 11.1 Å². The molecule has 6 nitrogen and oxygen atoms in total. The van der Waals surface area contributed by atoms with Gasteiger partial charge in [0.2, 0.25) is 17.7 Å². The molecule has 0 spiro atoms. The smallest absolute Gasteiger partial charge is 0.229 e. The SMILES string of the molecule is Cc1ccc(Oc2ccc(NC(=O)C3CC(=O)N(C(C)c4ccccc4)C3)cc2)nc1. The van der Waals surface area contributed by atoms with E-state index in [4.69, 9.17) is 4.74 Å². The number of carbonyl (C=O) groups is 2. The lowest BCUT2D eigenvalue weighted by molar-refractivity contribution is -0.129. The van der Waals surface area contributed by atoms with E-state index in [1.165, 1.54) is 0 Å². The fourth-order valence-corrected chi connectivity index (χ4v) is 3.68. The van der Waals surface area contributed by atoms with Crippen LogP contribution in [0.1, 0.15) is 30.5 Å². The van der Waals surface area contributed by atoms with Crippen LogP contribution in [0.3, 0.4) is 0 Å². The minimum atomic E-state index is -0.369. The Labute approximate surface area is 181 Å². The average Bonchev–Trinajstić information content (AvgIpc) is 3.18. The van der Waals surface area contributed by atoms with E-state index in [2.05, 4.69) is 10.3 Å². The molecule has 1 aliphatic rings. The van der Waals surface area contributed by atoms with Gasteiger partial charge in [-0.3, -0.25) is 9.59 Å². The van der Waals surface area contributed by atoms with Crippen molar-refractivity contribution in [1.29, 1.82) is 0 Å². The number of rotatable bonds is 6. The van der Waals surface area contributed by atoms with E-state index in [1.807, 2.05) is 56.3 Å². The Morgan fingerprint density at radius 2 is 1.84 bits per heavy atom. The molecule has 0 saturated carbocycles. The highest BCUT2D eigenvalue weighted by atomic mass is 16.5. The number of aryl methyl sites for hydroxylation is 1. The van der Waals surface area contributed by atoms with Crippen LogP contribution in [-0.4, -0.2) is 28.2 Å². The van der Waals surface area contributed by atoms with Crippen LogP contribution in [0.25, 0.3) is 0 Å². The summed E-state index contributed by atoms with van der Waals surface area (Å²) in [7, 11) is 0. The lowest BCUT2D eigenvalue weighted by Crippen LogP contribution is -2.30. The van der Waals surface area contributed by atoms with Crippen molar-refractivity contribution in [3.63, 3.8) is 0 Å². The van der Waals surface area contributed by atoms with Gasteiger partial charge in [0.05, 0.1) is 12.0 Å². The number of nitrogens with one attached hydrogen (secondary N) is 1. The maximum atomic E-state index is 12.7. The van der Waals surface area contributed by atoms with Crippen molar-refractivity contribution in [2.24, 2.45) is 5.92 Å². The van der Waals surface area contributed by atoms with Gasteiger partial charge in [-0.1, -0.05) is 36.4 Å². The molecule has 1 aromatic heterocycles. The third kappa shape index (κ3) is 4.91. The molecule has 2 unspecified atom stereocenters. The lowest BCUT2D eigenvalue weighted by Gasteiger charge is -2.25. The second-order valence-corrected chi connectivity index (χ2v) is 7.82. The van der Waals surface area contributed by atoms with Gasteiger partial charge in [-0.2, -0.15) is 0 Å². The predicted molar refractivity (Wildman–Crippen MR) is 119 cm³/mol. The van der Waals surface area contributed by atoms with E-state index in [0.29, 0.717) is 23.9 Å². The van der Waals surface area contributed by atoms with Crippen LogP contribution in [0.15, 0.2) is 72.9 Å². The number of aromatic nitrogens is 1. The Morgan fingerprint density at radius 3 is 2.52 bits per heavy atom. The van der Waals surface area contributed by atoms with Gasteiger partial charge in [0.25, 0.3) is 0 Å². The molecule has 1 fully saturated rings. The molecule has 1 saturated heterocycles. The van der Waals surface area contributed by atoms with Gasteiger partial charge in [0, 0.05) is 30.9 Å². The van der Waals surface area contributed by atoms with Crippen LogP contribution < -0.4 is 10.1 Å². The summed E-state index contributed by atoms with van der Waals surface area (Å²) in [5, 5.41) is 2.91. The lowest BCUT2D eigenvalue weighted by atomic mass is 10.1. The highest BCUT2D eigenvalue weighted by molar-refractivity contribution is 5.97. The predicted octanol–water partition coefficient (Wildman–Crippen LogP) is 4.73. The number of anilines is 1. The highest BCUT2D eigenvalue weighted by Crippen LogP contribution is 2.29. The van der Waals surface area contributed by atoms with Crippen molar-refractivity contribution >= 4 is 17.5 Å². The number of nitrogens with zero attached hydrogens (tertiary/aromatic N) is 2. The zero-order valence-corrected chi connectivity index (χ0v) is 17.6. The van der Waals surface area contributed by atoms with Crippen LogP contribution in [0.4, 0.5) is 5.69 Å². The molecule has 0 radical (unpaired) electrons. The van der Waals surface area contributed by atoms with E-state index >= 15 is 0 Å². The van der Waals surface area contributed by atoms with Gasteiger partial charge in [-0.25, -0.2) is 4.98 Å². The van der Waals surface area contributed by atoms with E-state index in [1.54, 1.807) is 35.4 Å². The summed E-state index contributed by atoms with van der Waals surface area (Å²) in [5.41, 5.74) is 2.79. The second kappa shape index (κ2) is 9.00. The summed E-state index contributed by atoms with van der Waals surface area (Å²) < 4.78 is 5.71. The number of benzene rings is 2. The summed E-state index contributed by atoms with van der Waals surface area (Å²) in [6, 6.07) is 20.7. The topological polar surface area (TPSA) is 71.5 Å². The van der Waals surface area contributed by atoms with Crippen LogP contribution in [0, 0.1) is 12.8 Å². The summed E-state index contributed by atoms with van der Waals surface area (Å²) in [5.74, 6) is 0.634. The molecule has 2 aromatic carbocycles. The first-order valence-corrected chi connectivity index (χ1v) is 10.4. The van der Waals surface area contributed by atoms with Crippen molar-refractivity contribution in [2.45, 2.75) is 26.3 Å². The van der Waals surface area contributed by atoms with Crippen molar-refractivity contribution in [3.8, 4) is 11.6 Å². The minimum Gasteiger partial charge on any atom is -0.439 e. The minimum absolute atomic E-state index is 0.00542. The molecule has 31 heavy (non-hydrogen) atoms. The van der Waals surface area contributed by atoms with Gasteiger partial charge >= 0.3 is 0 Å². The van der Waals surface area contributed by atoms with E-state index in [-0.39, 0.29) is 30.2 Å². The van der Waals surface area contributed by atoms with E-state index in [9.17, 15) is 9.59 Å². The molecule has 4 rings (SSSR count). The highest BCUT2D eigenvalue weighted by Gasteiger charge is 2.37. The second-order valence-electron chi connectivity index (χ2n) is 7.82. The molecule has 3 aromatic rings. The monoisotopic (exact) mass is 415 g/mol. The number of carbonyl (C=O) groups excluding carboxylic acids is 2. The zero-order chi connectivity index (χ0) is 21.8. The number of pyridine rings is 1. The van der Waals surface area contributed by atoms with Crippen molar-refractivity contribution in [1.82, 2.24) is 9.88 Å². The molecular formula is C25H25N3O3. The third-order valence-electron chi connectivity index (χ3n) is 5.51. The normalized spacial score (nSPS) is 16.8. The number of hydrogen-bond donors (Lipinski definition) is 1. The van der Waals surface area contributed by atoms with Crippen molar-refractivity contribution in [3.05, 3.63) is 84.1 Å². The number of amides is 2. The molecule has 0 aliphatic carbocycles. The first-order valence-electron chi connectivity index (χ1n) is 10.4. The first kappa shape index (κ1) is 20.6. The summed E-state index contributed by atoms with van der Waals surface area (Å²) in [6.07, 6.45) is 1.97. The summed E-state index contributed by atoms with van der Waals surface area (Å²) >= 11 is 0. The quantitative estimate of drug-likeness (QED) is 0.632. The molecular weight excluding hydrogens is 390 g/mol. The maximum absolute atomic E-state index is 12.7. The maximum Gasteiger partial charge on any atom is 0.229 e. The van der Waals surface area contributed by atoms with Gasteiger partial charge in [-0.05, 0) is 49.2 Å². The Bertz CT molecular complexity index is 1050. The molecule has 158 valence electrons. The molecule has 1 N–H and O–H groups in total. The van der Waals surface area contributed by atoms with Gasteiger partial charge in [0.15, 0.2) is 0 Å². The van der Waals surface area contributed by atoms with Crippen molar-refractivity contribution < 1.29 is 14.3 Å². The van der Waals surface area contributed by atoms with Gasteiger partial charge in [-0.15, -0.1) is 0 Å². The number of ether oxygens (including phenoxy) is 1. The fourth-order valence-electron chi connectivity index (χ4n) is 3.68. The summed E-state index contributed by atoms with van der Waals surface area (Å²) in [4.78, 5) is 31.3. The molecule has 6 heteroatoms. The average molecular weight is 415 g/mol. The molecule has 2 heterocycles.